The number of carbonyl (C=O) groups is 1. The van der Waals surface area contributed by atoms with Crippen LogP contribution in [0.5, 0.6) is 5.75 Å². The number of benzene rings is 2. The van der Waals surface area contributed by atoms with Gasteiger partial charge in [0.2, 0.25) is 0 Å². The smallest absolute Gasteiger partial charge is 0.265 e. The summed E-state index contributed by atoms with van der Waals surface area (Å²) >= 11 is 3.98. The molecule has 0 aliphatic carbocycles. The first kappa shape index (κ1) is 16.9. The summed E-state index contributed by atoms with van der Waals surface area (Å²) in [4.78, 5) is 14.5. The van der Waals surface area contributed by atoms with Gasteiger partial charge in [-0.05, 0) is 42.7 Å². The monoisotopic (exact) mass is 371 g/mol. The van der Waals surface area contributed by atoms with E-state index in [9.17, 15) is 4.79 Å². The molecule has 2 aliphatic rings. The Balaban J connectivity index is 1.39. The molecule has 25 heavy (non-hydrogen) atoms. The predicted octanol–water partition coefficient (Wildman–Crippen LogP) is 4.52. The van der Waals surface area contributed by atoms with E-state index in [4.69, 9.17) is 4.74 Å². The second kappa shape index (κ2) is 7.34. The van der Waals surface area contributed by atoms with Crippen molar-refractivity contribution in [1.29, 1.82) is 0 Å². The summed E-state index contributed by atoms with van der Waals surface area (Å²) in [7, 11) is 0. The Labute approximate surface area is 157 Å². The van der Waals surface area contributed by atoms with Gasteiger partial charge in [-0.3, -0.25) is 4.79 Å². The Hall–Kier alpha value is -1.59. The lowest BCUT2D eigenvalue weighted by Crippen LogP contribution is -2.39. The van der Waals surface area contributed by atoms with E-state index >= 15 is 0 Å². The van der Waals surface area contributed by atoms with Gasteiger partial charge in [-0.15, -0.1) is 23.5 Å². The molecule has 130 valence electrons. The highest BCUT2D eigenvalue weighted by Crippen LogP contribution is 2.45. The average Bonchev–Trinajstić information content (AvgIpc) is 3.27. The molecule has 1 atom stereocenters. The van der Waals surface area contributed by atoms with E-state index in [0.29, 0.717) is 4.58 Å². The van der Waals surface area contributed by atoms with Crippen LogP contribution in [0, 0.1) is 0 Å². The van der Waals surface area contributed by atoms with Gasteiger partial charge in [0, 0.05) is 23.2 Å². The lowest BCUT2D eigenvalue weighted by molar-refractivity contribution is -0.120. The van der Waals surface area contributed by atoms with E-state index in [1.807, 2.05) is 58.8 Å². The second-order valence-corrected chi connectivity index (χ2v) is 9.10. The lowest BCUT2D eigenvalue weighted by Gasteiger charge is -2.22. The lowest BCUT2D eigenvalue weighted by atomic mass is 10.1. The quantitative estimate of drug-likeness (QED) is 0.790. The van der Waals surface area contributed by atoms with Crippen molar-refractivity contribution < 1.29 is 9.53 Å². The van der Waals surface area contributed by atoms with Crippen LogP contribution < -0.4 is 9.64 Å². The van der Waals surface area contributed by atoms with Crippen molar-refractivity contribution in [3.05, 3.63) is 59.7 Å². The topological polar surface area (TPSA) is 29.5 Å². The van der Waals surface area contributed by atoms with Gasteiger partial charge < -0.3 is 9.64 Å². The molecular weight excluding hydrogens is 350 g/mol. The number of carbonyl (C=O) groups excluding carboxylic acids is 1. The van der Waals surface area contributed by atoms with Crippen molar-refractivity contribution in [3.8, 4) is 5.75 Å². The molecule has 0 aromatic heterocycles. The van der Waals surface area contributed by atoms with Crippen LogP contribution in [0.2, 0.25) is 0 Å². The fraction of sp³-hybridized carbons (Fsp3) is 0.350. The molecule has 1 saturated heterocycles. The number of anilines is 1. The van der Waals surface area contributed by atoms with Crippen LogP contribution in [0.15, 0.2) is 48.5 Å². The summed E-state index contributed by atoms with van der Waals surface area (Å²) < 4.78 is 6.30. The summed E-state index contributed by atoms with van der Waals surface area (Å²) in [5.41, 5.74) is 3.58. The summed E-state index contributed by atoms with van der Waals surface area (Å²) in [6, 6.07) is 16.5. The maximum Gasteiger partial charge on any atom is 0.265 e. The third-order valence-corrected chi connectivity index (χ3v) is 7.72. The Morgan fingerprint density at radius 3 is 2.60 bits per heavy atom. The van der Waals surface area contributed by atoms with Gasteiger partial charge in [0.05, 0.1) is 4.58 Å². The van der Waals surface area contributed by atoms with E-state index in [0.717, 1.165) is 17.9 Å². The number of hydrogen-bond acceptors (Lipinski definition) is 4. The first-order valence-corrected chi connectivity index (χ1v) is 10.7. The molecular formula is C20H21NO2S2. The molecule has 0 N–H and O–H groups in total. The summed E-state index contributed by atoms with van der Waals surface area (Å²) in [5, 5.41) is 0. The molecule has 1 amide bonds. The van der Waals surface area contributed by atoms with Crippen LogP contribution in [-0.2, 0) is 11.2 Å². The standard InChI is InChI=1S/C20H21NO2S2/c1-14-12-16-4-2-3-5-18(16)21(14)19(22)13-23-17-8-6-15(7-9-17)20-24-10-11-25-20/h2-9,14,20H,10-13H2,1H3/t14-/m0/s1. The van der Waals surface area contributed by atoms with Gasteiger partial charge >= 0.3 is 0 Å². The molecule has 4 rings (SSSR count). The summed E-state index contributed by atoms with van der Waals surface area (Å²) in [5.74, 6) is 3.21. The zero-order valence-corrected chi connectivity index (χ0v) is 15.8. The van der Waals surface area contributed by atoms with E-state index in [1.54, 1.807) is 0 Å². The van der Waals surface area contributed by atoms with E-state index in [1.165, 1.54) is 22.6 Å². The number of fused-ring (bicyclic) bond motifs is 1. The molecule has 0 radical (unpaired) electrons. The Bertz CT molecular complexity index is 757. The van der Waals surface area contributed by atoms with Crippen LogP contribution in [-0.4, -0.2) is 30.1 Å². The number of amides is 1. The highest BCUT2D eigenvalue weighted by atomic mass is 32.2. The summed E-state index contributed by atoms with van der Waals surface area (Å²) in [6.07, 6.45) is 0.910. The number of rotatable bonds is 4. The Morgan fingerprint density at radius 2 is 1.84 bits per heavy atom. The third kappa shape index (κ3) is 3.53. The molecule has 0 unspecified atom stereocenters. The highest BCUT2D eigenvalue weighted by molar-refractivity contribution is 8.19. The van der Waals surface area contributed by atoms with Crippen molar-refractivity contribution in [1.82, 2.24) is 0 Å². The number of hydrogen-bond donors (Lipinski definition) is 0. The molecule has 0 bridgehead atoms. The first-order valence-electron chi connectivity index (χ1n) is 8.58. The average molecular weight is 372 g/mol. The number of thioether (sulfide) groups is 2. The van der Waals surface area contributed by atoms with Gasteiger partial charge in [-0.2, -0.15) is 0 Å². The summed E-state index contributed by atoms with van der Waals surface area (Å²) in [6.45, 7) is 2.16. The molecule has 3 nitrogen and oxygen atoms in total. The van der Waals surface area contributed by atoms with Crippen LogP contribution in [0.3, 0.4) is 0 Å². The molecule has 0 spiro atoms. The SMILES string of the molecule is C[C@H]1Cc2ccccc2N1C(=O)COc1ccc(C2SCCS2)cc1. The van der Waals surface area contributed by atoms with Gasteiger partial charge in [-0.1, -0.05) is 30.3 Å². The Morgan fingerprint density at radius 1 is 1.12 bits per heavy atom. The number of para-hydroxylation sites is 1. The first-order chi connectivity index (χ1) is 12.2. The fourth-order valence-corrected chi connectivity index (χ4v) is 6.29. The van der Waals surface area contributed by atoms with Crippen molar-refractivity contribution in [2.75, 3.05) is 23.0 Å². The van der Waals surface area contributed by atoms with Crippen LogP contribution in [0.1, 0.15) is 22.6 Å². The van der Waals surface area contributed by atoms with Crippen LogP contribution >= 0.6 is 23.5 Å². The maximum atomic E-state index is 12.7. The Kier molecular flexibility index (Phi) is 4.95. The van der Waals surface area contributed by atoms with Gasteiger partial charge in [-0.25, -0.2) is 0 Å². The van der Waals surface area contributed by atoms with Crippen molar-refractivity contribution in [2.24, 2.45) is 0 Å². The third-order valence-electron chi connectivity index (χ3n) is 4.61. The molecule has 0 saturated carbocycles. The minimum absolute atomic E-state index is 0.0171. The molecule has 5 heteroatoms. The van der Waals surface area contributed by atoms with Gasteiger partial charge in [0.1, 0.15) is 5.75 Å². The zero-order chi connectivity index (χ0) is 17.2. The second-order valence-electron chi connectivity index (χ2n) is 6.38. The zero-order valence-electron chi connectivity index (χ0n) is 14.2. The minimum Gasteiger partial charge on any atom is -0.484 e. The van der Waals surface area contributed by atoms with Crippen LogP contribution in [0.4, 0.5) is 5.69 Å². The van der Waals surface area contributed by atoms with E-state index in [2.05, 4.69) is 25.1 Å². The number of ether oxygens (including phenoxy) is 1. The molecule has 2 aromatic rings. The largest absolute Gasteiger partial charge is 0.484 e. The van der Waals surface area contributed by atoms with E-state index < -0.39 is 0 Å². The fourth-order valence-electron chi connectivity index (χ4n) is 3.43. The highest BCUT2D eigenvalue weighted by Gasteiger charge is 2.30. The number of nitrogens with zero attached hydrogens (tertiary/aromatic N) is 1. The predicted molar refractivity (Wildman–Crippen MR) is 107 cm³/mol. The molecule has 1 fully saturated rings. The van der Waals surface area contributed by atoms with Crippen LogP contribution in [0.25, 0.3) is 0 Å². The maximum absolute atomic E-state index is 12.7. The van der Waals surface area contributed by atoms with E-state index in [-0.39, 0.29) is 18.6 Å². The van der Waals surface area contributed by atoms with Crippen molar-refractivity contribution in [2.45, 2.75) is 24.0 Å². The molecule has 2 aromatic carbocycles. The van der Waals surface area contributed by atoms with Crippen molar-refractivity contribution in [3.63, 3.8) is 0 Å². The normalized spacial score (nSPS) is 19.9. The van der Waals surface area contributed by atoms with Crippen molar-refractivity contribution >= 4 is 35.1 Å². The van der Waals surface area contributed by atoms with Gasteiger partial charge in [0.15, 0.2) is 6.61 Å². The molecule has 2 heterocycles. The molecule has 2 aliphatic heterocycles. The minimum atomic E-state index is 0.0171. The van der Waals surface area contributed by atoms with Gasteiger partial charge in [0.25, 0.3) is 5.91 Å².